The highest BCUT2D eigenvalue weighted by Gasteiger charge is 2.11. The van der Waals surface area contributed by atoms with E-state index in [1.54, 1.807) is 0 Å². The van der Waals surface area contributed by atoms with Crippen LogP contribution in [-0.4, -0.2) is 16.6 Å². The van der Waals surface area contributed by atoms with E-state index in [-0.39, 0.29) is 11.7 Å². The van der Waals surface area contributed by atoms with E-state index in [0.717, 1.165) is 45.2 Å². The van der Waals surface area contributed by atoms with Crippen LogP contribution in [0.15, 0.2) is 35.2 Å². The van der Waals surface area contributed by atoms with E-state index in [1.807, 2.05) is 26.0 Å². The van der Waals surface area contributed by atoms with Crippen LogP contribution in [-0.2, 0) is 4.79 Å². The second-order valence-corrected chi connectivity index (χ2v) is 7.44. The molecule has 3 rings (SSSR count). The Morgan fingerprint density at radius 3 is 2.75 bits per heavy atom. The fourth-order valence-electron chi connectivity index (χ4n) is 2.29. The fourth-order valence-corrected chi connectivity index (χ4v) is 4.07. The summed E-state index contributed by atoms with van der Waals surface area (Å²) in [5.41, 5.74) is 3.10. The van der Waals surface area contributed by atoms with Crippen LogP contribution in [0.1, 0.15) is 11.1 Å². The number of amides is 1. The molecule has 0 fully saturated rings. The summed E-state index contributed by atoms with van der Waals surface area (Å²) >= 11 is 2.56. The largest absolute Gasteiger partial charge is 0.301 e. The molecule has 0 atom stereocenters. The number of rotatable bonds is 4. The molecule has 0 unspecified atom stereocenters. The van der Waals surface area contributed by atoms with Crippen LogP contribution < -0.4 is 5.32 Å². The van der Waals surface area contributed by atoms with Gasteiger partial charge in [-0.2, -0.15) is 0 Å². The molecule has 0 saturated carbocycles. The second-order valence-electron chi connectivity index (χ2n) is 5.36. The predicted molar refractivity (Wildman–Crippen MR) is 94.8 cm³/mol. The lowest BCUT2D eigenvalue weighted by Gasteiger charge is -2.02. The van der Waals surface area contributed by atoms with Gasteiger partial charge >= 0.3 is 0 Å². The number of nitrogens with zero attached hydrogens (tertiary/aromatic N) is 1. The van der Waals surface area contributed by atoms with E-state index in [4.69, 9.17) is 0 Å². The molecule has 0 aliphatic rings. The van der Waals surface area contributed by atoms with Crippen molar-refractivity contribution in [2.45, 2.75) is 18.7 Å². The maximum atomic E-state index is 13.1. The van der Waals surface area contributed by atoms with Gasteiger partial charge < -0.3 is 5.32 Å². The Morgan fingerprint density at radius 2 is 2.00 bits per heavy atom. The number of halogens is 2. The Hall–Kier alpha value is -1.99. The van der Waals surface area contributed by atoms with Crippen LogP contribution in [0.25, 0.3) is 10.2 Å². The lowest BCUT2D eigenvalue weighted by atomic mass is 10.1. The van der Waals surface area contributed by atoms with Crippen LogP contribution in [0.3, 0.4) is 0 Å². The molecule has 0 spiro atoms. The van der Waals surface area contributed by atoms with E-state index in [2.05, 4.69) is 10.3 Å². The summed E-state index contributed by atoms with van der Waals surface area (Å²) in [6.07, 6.45) is 0. The Kier molecular flexibility index (Phi) is 4.82. The van der Waals surface area contributed by atoms with Gasteiger partial charge in [-0.1, -0.05) is 17.4 Å². The van der Waals surface area contributed by atoms with Crippen molar-refractivity contribution in [3.05, 3.63) is 53.1 Å². The number of aryl methyl sites for hydroxylation is 2. The number of thioether (sulfide) groups is 1. The Bertz CT molecular complexity index is 924. The number of thiazole rings is 1. The third-order valence-electron chi connectivity index (χ3n) is 3.34. The normalized spacial score (nSPS) is 11.0. The van der Waals surface area contributed by atoms with E-state index in [0.29, 0.717) is 10.0 Å². The van der Waals surface area contributed by atoms with Gasteiger partial charge in [0.1, 0.15) is 0 Å². The van der Waals surface area contributed by atoms with Crippen LogP contribution in [0.4, 0.5) is 13.9 Å². The number of hydrogen-bond donors (Lipinski definition) is 1. The summed E-state index contributed by atoms with van der Waals surface area (Å²) in [6, 6.07) is 7.66. The summed E-state index contributed by atoms with van der Waals surface area (Å²) in [5, 5.41) is 3.29. The van der Waals surface area contributed by atoms with Crippen LogP contribution in [0, 0.1) is 25.5 Å². The minimum atomic E-state index is -0.919. The van der Waals surface area contributed by atoms with E-state index < -0.39 is 11.6 Å². The highest BCUT2D eigenvalue weighted by molar-refractivity contribution is 8.00. The van der Waals surface area contributed by atoms with Crippen molar-refractivity contribution in [2.75, 3.05) is 11.1 Å². The molecule has 1 aromatic heterocycles. The molecular formula is C17H14F2N2OS2. The quantitative estimate of drug-likeness (QED) is 0.668. The molecule has 1 amide bonds. The molecule has 1 N–H and O–H groups in total. The molecule has 24 heavy (non-hydrogen) atoms. The van der Waals surface area contributed by atoms with Gasteiger partial charge in [0.2, 0.25) is 5.91 Å². The van der Waals surface area contributed by atoms with E-state index in [9.17, 15) is 13.6 Å². The third-order valence-corrected chi connectivity index (χ3v) is 5.25. The van der Waals surface area contributed by atoms with Crippen molar-refractivity contribution in [1.82, 2.24) is 4.98 Å². The van der Waals surface area contributed by atoms with E-state index in [1.165, 1.54) is 17.4 Å². The number of aromatic nitrogens is 1. The predicted octanol–water partition coefficient (Wildman–Crippen LogP) is 4.92. The summed E-state index contributed by atoms with van der Waals surface area (Å²) in [6.45, 7) is 4.00. The molecule has 0 bridgehead atoms. The molecular weight excluding hydrogens is 350 g/mol. The van der Waals surface area contributed by atoms with Crippen LogP contribution in [0.2, 0.25) is 0 Å². The van der Waals surface area contributed by atoms with Gasteiger partial charge in [0.05, 0.1) is 16.0 Å². The first-order valence-corrected chi connectivity index (χ1v) is 8.98. The summed E-state index contributed by atoms with van der Waals surface area (Å²) < 4.78 is 27.0. The highest BCUT2D eigenvalue weighted by Crippen LogP contribution is 2.29. The third kappa shape index (κ3) is 3.73. The average molecular weight is 364 g/mol. The van der Waals surface area contributed by atoms with Gasteiger partial charge in [0.15, 0.2) is 16.8 Å². The number of fused-ring (bicyclic) bond motifs is 1. The maximum absolute atomic E-state index is 13.1. The summed E-state index contributed by atoms with van der Waals surface area (Å²) in [5.74, 6) is -1.96. The zero-order valence-electron chi connectivity index (χ0n) is 13.0. The average Bonchev–Trinajstić information content (AvgIpc) is 2.91. The van der Waals surface area contributed by atoms with Crippen molar-refractivity contribution in [3.8, 4) is 0 Å². The molecule has 1 heterocycles. The van der Waals surface area contributed by atoms with Crippen LogP contribution in [0.5, 0.6) is 0 Å². The van der Waals surface area contributed by atoms with Gasteiger partial charge in [0.25, 0.3) is 0 Å². The summed E-state index contributed by atoms with van der Waals surface area (Å²) in [4.78, 5) is 17.0. The molecule has 0 aliphatic heterocycles. The standard InChI is InChI=1S/C17H14F2N2OS2/c1-9-5-10(2)16-14(6-9)24-17(21-16)20-15(22)8-23-11-3-4-12(18)13(19)7-11/h3-7H,8H2,1-2H3,(H,20,21,22). The Morgan fingerprint density at radius 1 is 1.21 bits per heavy atom. The molecule has 0 aliphatic carbocycles. The van der Waals surface area contributed by atoms with Crippen molar-refractivity contribution < 1.29 is 13.6 Å². The highest BCUT2D eigenvalue weighted by atomic mass is 32.2. The summed E-state index contributed by atoms with van der Waals surface area (Å²) in [7, 11) is 0. The van der Waals surface area contributed by atoms with Gasteiger partial charge in [-0.15, -0.1) is 11.8 Å². The SMILES string of the molecule is Cc1cc(C)c2nc(NC(=O)CSc3ccc(F)c(F)c3)sc2c1. The molecule has 0 saturated heterocycles. The second kappa shape index (κ2) is 6.86. The smallest absolute Gasteiger partial charge is 0.236 e. The van der Waals surface area contributed by atoms with Crippen molar-refractivity contribution in [1.29, 1.82) is 0 Å². The molecule has 3 aromatic rings. The zero-order valence-corrected chi connectivity index (χ0v) is 14.7. The molecule has 0 radical (unpaired) electrons. The van der Waals surface area contributed by atoms with Gasteiger partial charge in [-0.3, -0.25) is 4.79 Å². The van der Waals surface area contributed by atoms with Crippen LogP contribution >= 0.6 is 23.1 Å². The molecule has 2 aromatic carbocycles. The Labute approximate surface area is 146 Å². The maximum Gasteiger partial charge on any atom is 0.236 e. The molecule has 124 valence electrons. The zero-order chi connectivity index (χ0) is 17.3. The van der Waals surface area contributed by atoms with E-state index >= 15 is 0 Å². The number of benzene rings is 2. The topological polar surface area (TPSA) is 42.0 Å². The lowest BCUT2D eigenvalue weighted by molar-refractivity contribution is -0.113. The number of anilines is 1. The number of carbonyl (C=O) groups excluding carboxylic acids is 1. The molecule has 7 heteroatoms. The fraction of sp³-hybridized carbons (Fsp3) is 0.176. The number of hydrogen-bond acceptors (Lipinski definition) is 4. The minimum Gasteiger partial charge on any atom is -0.301 e. The Balaban J connectivity index is 1.66. The van der Waals surface area contributed by atoms with Crippen molar-refractivity contribution >= 4 is 44.4 Å². The minimum absolute atomic E-state index is 0.0962. The van der Waals surface area contributed by atoms with Crippen molar-refractivity contribution in [3.63, 3.8) is 0 Å². The monoisotopic (exact) mass is 364 g/mol. The van der Waals surface area contributed by atoms with Gasteiger partial charge in [0, 0.05) is 4.90 Å². The van der Waals surface area contributed by atoms with Crippen molar-refractivity contribution in [2.24, 2.45) is 0 Å². The first-order valence-electron chi connectivity index (χ1n) is 7.18. The number of nitrogens with one attached hydrogen (secondary N) is 1. The first-order chi connectivity index (χ1) is 11.4. The number of carbonyl (C=O) groups is 1. The van der Waals surface area contributed by atoms with Gasteiger partial charge in [-0.25, -0.2) is 13.8 Å². The van der Waals surface area contributed by atoms with Gasteiger partial charge in [-0.05, 0) is 49.2 Å². The molecule has 3 nitrogen and oxygen atoms in total. The lowest BCUT2D eigenvalue weighted by Crippen LogP contribution is -2.13. The first kappa shape index (κ1) is 16.9.